The van der Waals surface area contributed by atoms with Crippen LogP contribution in [0.25, 0.3) is 0 Å². The van der Waals surface area contributed by atoms with Gasteiger partial charge in [0.2, 0.25) is 0 Å². The number of fused-ring (bicyclic) bond motifs is 7. The number of hydrazine groups is 1. The Bertz CT molecular complexity index is 1750. The summed E-state index contributed by atoms with van der Waals surface area (Å²) in [6.45, 7) is 17.4. The van der Waals surface area contributed by atoms with Crippen LogP contribution in [-0.2, 0) is 23.9 Å². The summed E-state index contributed by atoms with van der Waals surface area (Å²) in [5.74, 6) is 5.63. The molecule has 0 radical (unpaired) electrons. The summed E-state index contributed by atoms with van der Waals surface area (Å²) in [5, 5.41) is 0. The highest BCUT2D eigenvalue weighted by Crippen LogP contribution is 2.75. The van der Waals surface area contributed by atoms with E-state index < -0.39 is 22.3 Å². The van der Waals surface area contributed by atoms with Gasteiger partial charge in [-0.25, -0.2) is 0 Å². The van der Waals surface area contributed by atoms with Crippen molar-refractivity contribution in [3.05, 3.63) is 96.1 Å². The number of hydrogen-bond donors (Lipinski definition) is 2. The van der Waals surface area contributed by atoms with Gasteiger partial charge in [-0.05, 0) is 122 Å². The summed E-state index contributed by atoms with van der Waals surface area (Å²) in [7, 11) is 0. The maximum absolute atomic E-state index is 15.0. The van der Waals surface area contributed by atoms with Crippen molar-refractivity contribution in [3.8, 4) is 0 Å². The SMILES string of the molecule is C=CCOC(=O)[C@]1(C)[C@@H](NN)CC[C@@]2(C)[C@H]1CC[C@]1(C)[C@@H]2C(=O)C=C2[C@@H]3C[C@@](C)(C(=O)OC(c4ccccc4)c4ccccc4)CC[C@]3(C)CC[C@]21C. The Morgan fingerprint density at radius 1 is 0.868 bits per heavy atom. The lowest BCUT2D eigenvalue weighted by Crippen LogP contribution is -2.69. The smallest absolute Gasteiger partial charge is 0.314 e. The molecule has 0 aliphatic heterocycles. The molecule has 7 rings (SSSR count). The van der Waals surface area contributed by atoms with Crippen molar-refractivity contribution in [2.24, 2.45) is 56.1 Å². The number of ketones is 1. The quantitative estimate of drug-likeness (QED) is 0.121. The van der Waals surface area contributed by atoms with Crippen molar-refractivity contribution < 1.29 is 23.9 Å². The van der Waals surface area contributed by atoms with Crippen LogP contribution in [0.4, 0.5) is 0 Å². The zero-order valence-corrected chi connectivity index (χ0v) is 32.7. The van der Waals surface area contributed by atoms with E-state index in [1.807, 2.05) is 73.7 Å². The predicted molar refractivity (Wildman–Crippen MR) is 207 cm³/mol. The van der Waals surface area contributed by atoms with E-state index in [-0.39, 0.29) is 64.4 Å². The molecule has 2 aromatic carbocycles. The van der Waals surface area contributed by atoms with Gasteiger partial charge in [0.05, 0.1) is 10.8 Å². The summed E-state index contributed by atoms with van der Waals surface area (Å²) < 4.78 is 12.3. The van der Waals surface area contributed by atoms with E-state index in [4.69, 9.17) is 15.3 Å². The van der Waals surface area contributed by atoms with Gasteiger partial charge in [-0.1, -0.05) is 107 Å². The van der Waals surface area contributed by atoms with Gasteiger partial charge in [-0.3, -0.25) is 25.7 Å². The fourth-order valence-corrected chi connectivity index (χ4v) is 12.7. The molecule has 53 heavy (non-hydrogen) atoms. The average Bonchev–Trinajstić information content (AvgIpc) is 3.15. The third-order valence-corrected chi connectivity index (χ3v) is 16.2. The van der Waals surface area contributed by atoms with Gasteiger partial charge in [0.25, 0.3) is 0 Å². The van der Waals surface area contributed by atoms with Gasteiger partial charge in [0, 0.05) is 12.0 Å². The molecular weight excluding hydrogens is 661 g/mol. The summed E-state index contributed by atoms with van der Waals surface area (Å²) in [4.78, 5) is 43.4. The fraction of sp³-hybridized carbons (Fsp3) is 0.587. The lowest BCUT2D eigenvalue weighted by atomic mass is 9.33. The molecule has 5 aliphatic carbocycles. The Labute approximate surface area is 316 Å². The number of nitrogens with two attached hydrogens (primary N) is 1. The number of rotatable bonds is 8. The Morgan fingerprint density at radius 2 is 1.49 bits per heavy atom. The number of nitrogens with one attached hydrogen (secondary N) is 1. The van der Waals surface area contributed by atoms with Crippen LogP contribution >= 0.6 is 0 Å². The number of esters is 2. The summed E-state index contributed by atoms with van der Waals surface area (Å²) in [5.41, 5.74) is 3.56. The number of ether oxygens (including phenoxy) is 2. The first-order valence-electron chi connectivity index (χ1n) is 19.9. The number of hydrogen-bond acceptors (Lipinski definition) is 7. The Hall–Kier alpha value is -3.55. The van der Waals surface area contributed by atoms with Crippen LogP contribution in [0.15, 0.2) is 85.0 Å². The minimum Gasteiger partial charge on any atom is -0.461 e. The minimum atomic E-state index is -0.884. The molecule has 0 heterocycles. The molecule has 3 N–H and O–H groups in total. The molecule has 0 amide bonds. The van der Waals surface area contributed by atoms with Crippen molar-refractivity contribution in [2.45, 2.75) is 111 Å². The van der Waals surface area contributed by atoms with Gasteiger partial charge >= 0.3 is 11.9 Å². The van der Waals surface area contributed by atoms with Gasteiger partial charge < -0.3 is 9.47 Å². The van der Waals surface area contributed by atoms with Crippen molar-refractivity contribution in [2.75, 3.05) is 6.61 Å². The molecule has 0 unspecified atom stereocenters. The Morgan fingerprint density at radius 3 is 2.09 bits per heavy atom. The van der Waals surface area contributed by atoms with Gasteiger partial charge in [-0.15, -0.1) is 0 Å². The molecular formula is C46H60N2O5. The maximum Gasteiger partial charge on any atom is 0.314 e. The highest BCUT2D eigenvalue weighted by atomic mass is 16.5. The van der Waals surface area contributed by atoms with Gasteiger partial charge in [0.15, 0.2) is 11.9 Å². The molecule has 4 fully saturated rings. The molecule has 0 bridgehead atoms. The first-order chi connectivity index (χ1) is 25.1. The fourth-order valence-electron chi connectivity index (χ4n) is 12.7. The second kappa shape index (κ2) is 13.3. The van der Waals surface area contributed by atoms with Crippen molar-refractivity contribution in [3.63, 3.8) is 0 Å². The molecule has 7 nitrogen and oxygen atoms in total. The van der Waals surface area contributed by atoms with E-state index in [2.05, 4.69) is 46.6 Å². The topological polar surface area (TPSA) is 108 Å². The summed E-state index contributed by atoms with van der Waals surface area (Å²) in [6, 6.07) is 19.7. The van der Waals surface area contributed by atoms with E-state index in [9.17, 15) is 14.4 Å². The lowest BCUT2D eigenvalue weighted by molar-refractivity contribution is -0.204. The molecule has 10 atom stereocenters. The van der Waals surface area contributed by atoms with Crippen LogP contribution in [0.3, 0.4) is 0 Å². The van der Waals surface area contributed by atoms with Crippen molar-refractivity contribution >= 4 is 17.7 Å². The van der Waals surface area contributed by atoms with Crippen LogP contribution in [-0.4, -0.2) is 30.4 Å². The maximum atomic E-state index is 15.0. The van der Waals surface area contributed by atoms with Crippen LogP contribution in [0.2, 0.25) is 0 Å². The van der Waals surface area contributed by atoms with Crippen LogP contribution in [0, 0.1) is 50.2 Å². The first-order valence-corrected chi connectivity index (χ1v) is 19.9. The predicted octanol–water partition coefficient (Wildman–Crippen LogP) is 8.84. The van der Waals surface area contributed by atoms with Gasteiger partial charge in [-0.2, -0.15) is 0 Å². The number of carbonyl (C=O) groups excluding carboxylic acids is 3. The zero-order valence-electron chi connectivity index (χ0n) is 32.7. The Kier molecular flexibility index (Phi) is 9.50. The molecule has 0 aromatic heterocycles. The third kappa shape index (κ3) is 5.61. The highest BCUT2D eigenvalue weighted by molar-refractivity contribution is 5.96. The largest absolute Gasteiger partial charge is 0.461 e. The molecule has 0 saturated heterocycles. The average molecular weight is 721 g/mol. The van der Waals surface area contributed by atoms with E-state index in [0.29, 0.717) is 12.8 Å². The normalized spacial score (nSPS) is 40.5. The minimum absolute atomic E-state index is 0.00763. The van der Waals surface area contributed by atoms with Crippen molar-refractivity contribution in [1.29, 1.82) is 0 Å². The van der Waals surface area contributed by atoms with E-state index in [0.717, 1.165) is 56.1 Å². The molecule has 4 saturated carbocycles. The van der Waals surface area contributed by atoms with Crippen LogP contribution in [0.1, 0.15) is 117 Å². The van der Waals surface area contributed by atoms with E-state index in [1.54, 1.807) is 6.08 Å². The summed E-state index contributed by atoms with van der Waals surface area (Å²) in [6.07, 6.45) is 10.6. The lowest BCUT2D eigenvalue weighted by Gasteiger charge is -2.70. The standard InChI is InChI=1S/C46H60N2O5/c1-8-27-52-40(51)46(7)35-19-22-45(6)38(43(35,4)21-20-36(46)48-47)34(49)28-32-33-29-42(3,24-23-41(33,2)25-26-44(32,45)5)39(50)53-37(30-15-11-9-12-16-30)31-17-13-10-14-18-31/h8-18,28,33,35-38,48H,1,19-27,29,47H2,2-7H3/t33-,35+,36-,38+,41+,42-,43-,44+,45+,46-/m0/s1. The first kappa shape index (κ1) is 37.8. The van der Waals surface area contributed by atoms with Crippen LogP contribution < -0.4 is 11.3 Å². The number of allylic oxidation sites excluding steroid dienone is 2. The second-order valence-electron chi connectivity index (χ2n) is 18.8. The summed E-state index contributed by atoms with van der Waals surface area (Å²) >= 11 is 0. The number of carbonyl (C=O) groups is 3. The third-order valence-electron chi connectivity index (χ3n) is 16.2. The second-order valence-corrected chi connectivity index (χ2v) is 18.8. The van der Waals surface area contributed by atoms with E-state index in [1.165, 1.54) is 5.57 Å². The van der Waals surface area contributed by atoms with Gasteiger partial charge in [0.1, 0.15) is 6.61 Å². The van der Waals surface area contributed by atoms with Crippen LogP contribution in [0.5, 0.6) is 0 Å². The molecule has 0 spiro atoms. The zero-order chi connectivity index (χ0) is 38.0. The van der Waals surface area contributed by atoms with Crippen molar-refractivity contribution in [1.82, 2.24) is 5.43 Å². The highest BCUT2D eigenvalue weighted by Gasteiger charge is 2.72. The van der Waals surface area contributed by atoms with E-state index >= 15 is 0 Å². The molecule has 2 aromatic rings. The number of benzene rings is 2. The Balaban J connectivity index is 1.22. The molecule has 284 valence electrons. The molecule has 5 aliphatic rings. The monoisotopic (exact) mass is 720 g/mol. The molecule has 7 heteroatoms.